The van der Waals surface area contributed by atoms with Gasteiger partial charge >= 0.3 is 5.97 Å². The zero-order valence-corrected chi connectivity index (χ0v) is 16.4. The molecular weight excluding hydrogens is 264 g/mol. The van der Waals surface area contributed by atoms with Crippen molar-refractivity contribution in [1.82, 2.24) is 0 Å². The quantitative estimate of drug-likeness (QED) is 0.273. The van der Waals surface area contributed by atoms with Crippen molar-refractivity contribution in [3.8, 4) is 0 Å². The monoisotopic (exact) mass is 296 g/mol. The van der Waals surface area contributed by atoms with Gasteiger partial charge in [-0.1, -0.05) is 84.0 Å². The Kier molecular flexibility index (Phi) is 22.5. The fourth-order valence-electron chi connectivity index (χ4n) is 2.29. The van der Waals surface area contributed by atoms with Crippen LogP contribution in [-0.2, 0) is 4.79 Å². The Balaban J connectivity index is 0. The number of unbranched alkanes of at least 4 members (excludes halogenated alkanes) is 12. The van der Waals surface area contributed by atoms with Gasteiger partial charge in [0.1, 0.15) is 0 Å². The molecule has 0 aliphatic rings. The van der Waals surface area contributed by atoms with Crippen LogP contribution in [0, 0.1) is 0 Å². The molecule has 1 radical (unpaired) electrons. The normalized spacial score (nSPS) is 10.2. The Morgan fingerprint density at radius 3 is 1.32 bits per heavy atom. The van der Waals surface area contributed by atoms with E-state index < -0.39 is 5.97 Å². The molecule has 109 valence electrons. The maximum Gasteiger partial charge on any atom is 0.303 e. The Bertz CT molecular complexity index is 184. The molecule has 3 heteroatoms. The van der Waals surface area contributed by atoms with Crippen molar-refractivity contribution in [1.29, 1.82) is 0 Å². The van der Waals surface area contributed by atoms with Crippen molar-refractivity contribution in [2.45, 2.75) is 96.8 Å². The van der Waals surface area contributed by atoms with Crippen molar-refractivity contribution in [3.05, 3.63) is 0 Å². The minimum absolute atomic E-state index is 0. The van der Waals surface area contributed by atoms with Crippen LogP contribution in [0.1, 0.15) is 96.8 Å². The predicted octanol–water partition coefficient (Wildman–Crippen LogP) is 5.17. The number of carboxylic acids is 1. The summed E-state index contributed by atoms with van der Waals surface area (Å²) in [5.74, 6) is -0.655. The van der Waals surface area contributed by atoms with Crippen LogP contribution < -0.4 is 0 Å². The molecule has 0 saturated carbocycles. The van der Waals surface area contributed by atoms with Crippen molar-refractivity contribution in [2.24, 2.45) is 0 Å². The van der Waals surface area contributed by atoms with Crippen molar-refractivity contribution in [2.75, 3.05) is 0 Å². The first-order valence-corrected chi connectivity index (χ1v) is 7.99. The number of hydrogen-bond acceptors (Lipinski definition) is 1. The molecule has 1 N–H and O–H groups in total. The number of aliphatic carboxylic acids is 1. The van der Waals surface area contributed by atoms with Crippen molar-refractivity contribution < 1.29 is 9.90 Å². The zero-order chi connectivity index (χ0) is 13.5. The molecule has 0 unspecified atom stereocenters. The molecule has 2 nitrogen and oxygen atoms in total. The second-order valence-electron chi connectivity index (χ2n) is 5.39. The van der Waals surface area contributed by atoms with E-state index in [1.807, 2.05) is 0 Å². The van der Waals surface area contributed by atoms with Gasteiger partial charge in [0, 0.05) is 57.8 Å². The van der Waals surface area contributed by atoms with E-state index in [4.69, 9.17) is 5.11 Å². The van der Waals surface area contributed by atoms with Gasteiger partial charge in [-0.25, -0.2) is 0 Å². The van der Waals surface area contributed by atoms with E-state index in [0.29, 0.717) is 6.42 Å². The van der Waals surface area contributed by atoms with E-state index in [2.05, 4.69) is 6.92 Å². The van der Waals surface area contributed by atoms with Crippen LogP contribution in [-0.4, -0.2) is 62.5 Å². The average Bonchev–Trinajstić information content (AvgIpc) is 2.34. The van der Waals surface area contributed by atoms with E-state index in [9.17, 15) is 4.79 Å². The van der Waals surface area contributed by atoms with E-state index >= 15 is 0 Å². The molecule has 0 aromatic rings. The van der Waals surface area contributed by atoms with Gasteiger partial charge in [-0.05, 0) is 6.42 Å². The first-order chi connectivity index (χ1) is 8.77. The first kappa shape index (κ1) is 22.4. The summed E-state index contributed by atoms with van der Waals surface area (Å²) in [7, 11) is 0. The molecule has 0 aliphatic carbocycles. The largest absolute Gasteiger partial charge is 0.481 e. The molecule has 0 rings (SSSR count). The Hall–Kier alpha value is 1.11. The smallest absolute Gasteiger partial charge is 0.303 e. The third kappa shape index (κ3) is 21.6. The van der Waals surface area contributed by atoms with Crippen molar-refractivity contribution >= 4 is 57.4 Å². The molecule has 0 bridgehead atoms. The van der Waals surface area contributed by atoms with Crippen molar-refractivity contribution in [3.63, 3.8) is 0 Å². The molecule has 0 amide bonds. The second-order valence-corrected chi connectivity index (χ2v) is 5.39. The number of rotatable bonds is 14. The van der Waals surface area contributed by atoms with Crippen LogP contribution in [0.5, 0.6) is 0 Å². The molecule has 0 atom stereocenters. The van der Waals surface area contributed by atoms with Crippen LogP contribution in [0.2, 0.25) is 0 Å². The van der Waals surface area contributed by atoms with Gasteiger partial charge in [-0.15, -0.1) is 0 Å². The van der Waals surface area contributed by atoms with Gasteiger partial charge in [-0.3, -0.25) is 4.79 Å². The fraction of sp³-hybridized carbons (Fsp3) is 0.938. The molecule has 0 fully saturated rings. The average molecular weight is 297 g/mol. The SMILES string of the molecule is CCCCCCCCCCCCCCC[13C](=O)O.[K]. The Morgan fingerprint density at radius 2 is 1.00 bits per heavy atom. The van der Waals surface area contributed by atoms with E-state index in [1.165, 1.54) is 70.6 Å². The van der Waals surface area contributed by atoms with Gasteiger partial charge in [0.2, 0.25) is 0 Å². The van der Waals surface area contributed by atoms with Crippen LogP contribution >= 0.6 is 0 Å². The maximum atomic E-state index is 10.3. The molecule has 19 heavy (non-hydrogen) atoms. The third-order valence-corrected chi connectivity index (χ3v) is 3.49. The first-order valence-electron chi connectivity index (χ1n) is 7.99. The van der Waals surface area contributed by atoms with Crippen LogP contribution in [0.25, 0.3) is 0 Å². The van der Waals surface area contributed by atoms with Gasteiger partial charge < -0.3 is 5.11 Å². The molecule has 0 aromatic carbocycles. The molecule has 0 heterocycles. The standard InChI is InChI=1S/C16H32O2.K/c1-2-3-4-5-6-7-8-9-10-11-12-13-14-15-16(17)18;/h2-15H2,1H3,(H,17,18);/i16+1;. The molecular formula is C16H32KO2. The fourth-order valence-corrected chi connectivity index (χ4v) is 2.29. The summed E-state index contributed by atoms with van der Waals surface area (Å²) in [6.07, 6.45) is 17.3. The number of hydrogen-bond donors (Lipinski definition) is 1. The van der Waals surface area contributed by atoms with Crippen LogP contribution in [0.4, 0.5) is 0 Å². The van der Waals surface area contributed by atoms with E-state index in [-0.39, 0.29) is 51.4 Å². The Morgan fingerprint density at radius 1 is 0.684 bits per heavy atom. The molecule has 0 aliphatic heterocycles. The summed E-state index contributed by atoms with van der Waals surface area (Å²) < 4.78 is 0. The second kappa shape index (κ2) is 19.1. The minimum atomic E-state index is -0.655. The van der Waals surface area contributed by atoms with Gasteiger partial charge in [0.05, 0.1) is 0 Å². The number of carboxylic acid groups (broad SMARTS) is 1. The van der Waals surface area contributed by atoms with Gasteiger partial charge in [0.15, 0.2) is 0 Å². The van der Waals surface area contributed by atoms with Crippen LogP contribution in [0.15, 0.2) is 0 Å². The summed E-state index contributed by atoms with van der Waals surface area (Å²) in [5.41, 5.74) is 0. The predicted molar refractivity (Wildman–Crippen MR) is 83.7 cm³/mol. The third-order valence-electron chi connectivity index (χ3n) is 3.49. The summed E-state index contributed by atoms with van der Waals surface area (Å²) in [6.45, 7) is 2.26. The summed E-state index contributed by atoms with van der Waals surface area (Å²) >= 11 is 0. The van der Waals surface area contributed by atoms with Gasteiger partial charge in [0.25, 0.3) is 0 Å². The zero-order valence-electron chi connectivity index (χ0n) is 13.3. The van der Waals surface area contributed by atoms with E-state index in [1.54, 1.807) is 0 Å². The minimum Gasteiger partial charge on any atom is -0.481 e. The number of carbonyl (C=O) groups is 1. The summed E-state index contributed by atoms with van der Waals surface area (Å²) in [6, 6.07) is 0. The van der Waals surface area contributed by atoms with Gasteiger partial charge in [-0.2, -0.15) is 0 Å². The maximum absolute atomic E-state index is 10.3. The molecule has 0 aromatic heterocycles. The molecule has 0 saturated heterocycles. The Labute approximate surface area is 162 Å². The van der Waals surface area contributed by atoms with E-state index in [0.717, 1.165) is 12.8 Å². The topological polar surface area (TPSA) is 37.3 Å². The van der Waals surface area contributed by atoms with Crippen LogP contribution in [0.3, 0.4) is 0 Å². The summed E-state index contributed by atoms with van der Waals surface area (Å²) in [4.78, 5) is 10.3. The summed E-state index contributed by atoms with van der Waals surface area (Å²) in [5, 5.41) is 8.49. The molecule has 0 spiro atoms.